The molecule has 0 radical (unpaired) electrons. The van der Waals surface area contributed by atoms with Crippen molar-refractivity contribution >= 4 is 21.6 Å². The van der Waals surface area contributed by atoms with E-state index in [1.807, 2.05) is 4.90 Å². The number of anilines is 1. The number of nitrogens with one attached hydrogen (secondary N) is 1. The molecule has 8 nitrogen and oxygen atoms in total. The molecule has 0 unspecified atom stereocenters. The molecule has 1 aliphatic rings. The number of carbonyl (C=O) groups excluding carboxylic acids is 1. The van der Waals surface area contributed by atoms with Crippen LogP contribution in [-0.4, -0.2) is 71.3 Å². The van der Waals surface area contributed by atoms with E-state index in [4.69, 9.17) is 9.47 Å². The van der Waals surface area contributed by atoms with E-state index in [0.29, 0.717) is 49.7 Å². The maximum absolute atomic E-state index is 13.1. The summed E-state index contributed by atoms with van der Waals surface area (Å²) in [4.78, 5) is 14.5. The molecular weight excluding hydrogens is 437 g/mol. The predicted octanol–water partition coefficient (Wildman–Crippen LogP) is 2.11. The van der Waals surface area contributed by atoms with Crippen LogP contribution < -0.4 is 19.7 Å². The van der Waals surface area contributed by atoms with Gasteiger partial charge in [0, 0.05) is 38.4 Å². The van der Waals surface area contributed by atoms with Crippen LogP contribution in [0.5, 0.6) is 11.5 Å². The van der Waals surface area contributed by atoms with Crippen LogP contribution in [0.25, 0.3) is 0 Å². The first-order valence-electron chi connectivity index (χ1n) is 10.3. The summed E-state index contributed by atoms with van der Waals surface area (Å²) in [5, 5.41) is 2.74. The van der Waals surface area contributed by atoms with E-state index < -0.39 is 10.0 Å². The molecule has 0 spiro atoms. The molecule has 2 aromatic carbocycles. The van der Waals surface area contributed by atoms with Crippen molar-refractivity contribution in [2.24, 2.45) is 0 Å². The van der Waals surface area contributed by atoms with E-state index >= 15 is 0 Å². The zero-order valence-electron chi connectivity index (χ0n) is 18.2. The van der Waals surface area contributed by atoms with Gasteiger partial charge in [0.1, 0.15) is 5.82 Å². The van der Waals surface area contributed by atoms with Crippen molar-refractivity contribution in [2.75, 3.05) is 57.6 Å². The van der Waals surface area contributed by atoms with Gasteiger partial charge in [0.25, 0.3) is 5.91 Å². The number of amides is 1. The third-order valence-corrected chi connectivity index (χ3v) is 7.29. The molecule has 0 saturated carbocycles. The van der Waals surface area contributed by atoms with Crippen molar-refractivity contribution in [3.05, 3.63) is 53.8 Å². The lowest BCUT2D eigenvalue weighted by Crippen LogP contribution is -2.49. The molecule has 32 heavy (non-hydrogen) atoms. The standard InChI is InChI=1S/C22H28FN3O5S/c1-30-20-6-3-5-19(21(20)31-2)22(27)24-11-4-16-32(28,29)26-14-12-25(13-15-26)18-9-7-17(23)8-10-18/h3,5-10H,4,11-16H2,1-2H3,(H,24,27). The van der Waals surface area contributed by atoms with Gasteiger partial charge in [-0.3, -0.25) is 4.79 Å². The zero-order chi connectivity index (χ0) is 23.1. The molecular formula is C22H28FN3O5S. The highest BCUT2D eigenvalue weighted by molar-refractivity contribution is 7.89. The second-order valence-corrected chi connectivity index (χ2v) is 9.42. The summed E-state index contributed by atoms with van der Waals surface area (Å²) in [6.45, 7) is 2.03. The van der Waals surface area contributed by atoms with Crippen LogP contribution in [0.3, 0.4) is 0 Å². The van der Waals surface area contributed by atoms with Crippen molar-refractivity contribution in [1.29, 1.82) is 0 Å². The largest absolute Gasteiger partial charge is 0.493 e. The van der Waals surface area contributed by atoms with Crippen molar-refractivity contribution in [2.45, 2.75) is 6.42 Å². The fourth-order valence-electron chi connectivity index (χ4n) is 3.62. The molecule has 1 fully saturated rings. The van der Waals surface area contributed by atoms with E-state index in [1.165, 1.54) is 30.7 Å². The Morgan fingerprint density at radius 3 is 2.34 bits per heavy atom. The molecule has 0 aromatic heterocycles. The topological polar surface area (TPSA) is 88.2 Å². The monoisotopic (exact) mass is 465 g/mol. The lowest BCUT2D eigenvalue weighted by molar-refractivity contribution is 0.0950. The number of hydrogen-bond acceptors (Lipinski definition) is 6. The summed E-state index contributed by atoms with van der Waals surface area (Å²) in [6, 6.07) is 11.2. The number of piperazine rings is 1. The highest BCUT2D eigenvalue weighted by Gasteiger charge is 2.26. The summed E-state index contributed by atoms with van der Waals surface area (Å²) in [5.41, 5.74) is 1.20. The Hall–Kier alpha value is -2.85. The zero-order valence-corrected chi connectivity index (χ0v) is 19.0. The SMILES string of the molecule is COc1cccc(C(=O)NCCCS(=O)(=O)N2CCN(c3ccc(F)cc3)CC2)c1OC. The first-order chi connectivity index (χ1) is 15.4. The number of ether oxygens (including phenoxy) is 2. The second-order valence-electron chi connectivity index (χ2n) is 7.33. The van der Waals surface area contributed by atoms with Gasteiger partial charge in [-0.15, -0.1) is 0 Å². The van der Waals surface area contributed by atoms with Crippen LogP contribution in [0, 0.1) is 5.82 Å². The molecule has 1 aliphatic heterocycles. The number of sulfonamides is 1. The summed E-state index contributed by atoms with van der Waals surface area (Å²) in [6.07, 6.45) is 0.290. The van der Waals surface area contributed by atoms with E-state index in [9.17, 15) is 17.6 Å². The van der Waals surface area contributed by atoms with Gasteiger partial charge >= 0.3 is 0 Å². The minimum Gasteiger partial charge on any atom is -0.493 e. The Morgan fingerprint density at radius 2 is 1.72 bits per heavy atom. The third-order valence-electron chi connectivity index (χ3n) is 5.34. The lowest BCUT2D eigenvalue weighted by atomic mass is 10.1. The van der Waals surface area contributed by atoms with Gasteiger partial charge in [-0.05, 0) is 42.8 Å². The number of para-hydroxylation sites is 1. The minimum absolute atomic E-state index is 0.0565. The molecule has 1 N–H and O–H groups in total. The van der Waals surface area contributed by atoms with Crippen LogP contribution in [0.2, 0.25) is 0 Å². The van der Waals surface area contributed by atoms with E-state index in [-0.39, 0.29) is 24.0 Å². The van der Waals surface area contributed by atoms with Crippen molar-refractivity contribution in [3.63, 3.8) is 0 Å². The normalized spacial score (nSPS) is 14.8. The Labute approximate surface area is 188 Å². The van der Waals surface area contributed by atoms with Crippen LogP contribution in [0.15, 0.2) is 42.5 Å². The van der Waals surface area contributed by atoms with Crippen LogP contribution in [0.4, 0.5) is 10.1 Å². The van der Waals surface area contributed by atoms with Crippen LogP contribution in [-0.2, 0) is 10.0 Å². The van der Waals surface area contributed by atoms with Crippen molar-refractivity contribution in [1.82, 2.24) is 9.62 Å². The van der Waals surface area contributed by atoms with E-state index in [0.717, 1.165) is 5.69 Å². The third kappa shape index (κ3) is 5.68. The summed E-state index contributed by atoms with van der Waals surface area (Å²) in [7, 11) is -0.486. The summed E-state index contributed by atoms with van der Waals surface area (Å²) >= 11 is 0. The maximum Gasteiger partial charge on any atom is 0.255 e. The summed E-state index contributed by atoms with van der Waals surface area (Å²) < 4.78 is 50.4. The highest BCUT2D eigenvalue weighted by atomic mass is 32.2. The quantitative estimate of drug-likeness (QED) is 0.571. The fourth-order valence-corrected chi connectivity index (χ4v) is 5.11. The molecule has 0 atom stereocenters. The highest BCUT2D eigenvalue weighted by Crippen LogP contribution is 2.30. The smallest absolute Gasteiger partial charge is 0.255 e. The Bertz CT molecular complexity index is 1020. The van der Waals surface area contributed by atoms with E-state index in [1.54, 1.807) is 30.3 Å². The number of carbonyl (C=O) groups is 1. The van der Waals surface area contributed by atoms with Gasteiger partial charge in [0.15, 0.2) is 11.5 Å². The lowest BCUT2D eigenvalue weighted by Gasteiger charge is -2.35. The number of benzene rings is 2. The number of halogens is 1. The van der Waals surface area contributed by atoms with Gasteiger partial charge < -0.3 is 19.7 Å². The molecule has 1 amide bonds. The fraction of sp³-hybridized carbons (Fsp3) is 0.409. The predicted molar refractivity (Wildman–Crippen MR) is 120 cm³/mol. The van der Waals surface area contributed by atoms with E-state index in [2.05, 4.69) is 5.32 Å². The summed E-state index contributed by atoms with van der Waals surface area (Å²) in [5.74, 6) is 0.0682. The molecule has 174 valence electrons. The first kappa shape index (κ1) is 23.8. The van der Waals surface area contributed by atoms with Crippen LogP contribution >= 0.6 is 0 Å². The molecule has 3 rings (SSSR count). The number of nitrogens with zero attached hydrogens (tertiary/aromatic N) is 2. The van der Waals surface area contributed by atoms with Gasteiger partial charge in [0.05, 0.1) is 25.5 Å². The average molecular weight is 466 g/mol. The number of hydrogen-bond donors (Lipinski definition) is 1. The van der Waals surface area contributed by atoms with Crippen LogP contribution in [0.1, 0.15) is 16.8 Å². The minimum atomic E-state index is -3.43. The Morgan fingerprint density at radius 1 is 1.03 bits per heavy atom. The van der Waals surface area contributed by atoms with Gasteiger partial charge in [-0.1, -0.05) is 6.07 Å². The molecule has 1 saturated heterocycles. The maximum atomic E-state index is 13.1. The number of methoxy groups -OCH3 is 2. The molecule has 2 aromatic rings. The molecule has 1 heterocycles. The van der Waals surface area contributed by atoms with Gasteiger partial charge in [-0.2, -0.15) is 4.31 Å². The van der Waals surface area contributed by atoms with Gasteiger partial charge in [-0.25, -0.2) is 12.8 Å². The molecule has 0 bridgehead atoms. The Balaban J connectivity index is 1.47. The molecule has 0 aliphatic carbocycles. The van der Waals surface area contributed by atoms with Crippen molar-refractivity contribution in [3.8, 4) is 11.5 Å². The van der Waals surface area contributed by atoms with Gasteiger partial charge in [0.2, 0.25) is 10.0 Å². The first-order valence-corrected chi connectivity index (χ1v) is 11.9. The van der Waals surface area contributed by atoms with Crippen molar-refractivity contribution < 1.29 is 27.1 Å². The Kier molecular flexibility index (Phi) is 7.92. The average Bonchev–Trinajstić information content (AvgIpc) is 2.81. The molecule has 10 heteroatoms. The number of rotatable bonds is 9. The second kappa shape index (κ2) is 10.6.